The second-order valence-corrected chi connectivity index (χ2v) is 12.5. The number of piperazine rings is 1. The quantitative estimate of drug-likeness (QED) is 0.309. The van der Waals surface area contributed by atoms with Crippen LogP contribution in [-0.2, 0) is 14.4 Å². The molecule has 4 aromatic rings. The summed E-state index contributed by atoms with van der Waals surface area (Å²) in [6.07, 6.45) is 0. The van der Waals surface area contributed by atoms with Crippen molar-refractivity contribution in [3.8, 4) is 28.4 Å². The van der Waals surface area contributed by atoms with Crippen molar-refractivity contribution >= 4 is 46.9 Å². The van der Waals surface area contributed by atoms with E-state index in [0.29, 0.717) is 59.9 Å². The van der Waals surface area contributed by atoms with Gasteiger partial charge in [0, 0.05) is 44.2 Å². The molecule has 230 valence electrons. The van der Waals surface area contributed by atoms with Gasteiger partial charge in [-0.3, -0.25) is 19.3 Å². The minimum atomic E-state index is -0.330. The number of rotatable bonds is 5. The van der Waals surface area contributed by atoms with Gasteiger partial charge in [-0.2, -0.15) is 5.10 Å². The highest BCUT2D eigenvalue weighted by Gasteiger charge is 2.39. The minimum absolute atomic E-state index is 0.0156. The molecule has 0 aliphatic carbocycles. The molecule has 3 aliphatic rings. The number of ether oxygens (including phenoxy) is 2. The molecule has 1 aromatic heterocycles. The Morgan fingerprint density at radius 2 is 1.64 bits per heavy atom. The summed E-state index contributed by atoms with van der Waals surface area (Å²) in [7, 11) is 0. The zero-order valence-electron chi connectivity index (χ0n) is 24.5. The van der Waals surface area contributed by atoms with Crippen molar-refractivity contribution in [2.45, 2.75) is 12.2 Å². The molecule has 0 radical (unpaired) electrons. The number of anilines is 1. The molecule has 0 unspecified atom stereocenters. The zero-order chi connectivity index (χ0) is 31.1. The van der Waals surface area contributed by atoms with Gasteiger partial charge in [0.25, 0.3) is 0 Å². The third kappa shape index (κ3) is 5.51. The molecule has 4 heterocycles. The molecule has 3 aromatic carbocycles. The number of carbonyl (C=O) groups is 3. The maximum atomic E-state index is 14.1. The van der Waals surface area contributed by atoms with Crippen LogP contribution in [0.4, 0.5) is 5.82 Å². The Balaban J connectivity index is 1.39. The predicted molar refractivity (Wildman–Crippen MR) is 172 cm³/mol. The summed E-state index contributed by atoms with van der Waals surface area (Å²) < 4.78 is 13.0. The fourth-order valence-electron chi connectivity index (χ4n) is 5.97. The Hall–Kier alpha value is -4.48. The highest BCUT2D eigenvalue weighted by Crippen LogP contribution is 2.50. The van der Waals surface area contributed by atoms with Crippen molar-refractivity contribution in [2.75, 3.05) is 50.2 Å². The number of halogens is 1. The summed E-state index contributed by atoms with van der Waals surface area (Å²) in [6.45, 7) is 3.22. The van der Waals surface area contributed by atoms with Crippen molar-refractivity contribution < 1.29 is 23.9 Å². The Kier molecular flexibility index (Phi) is 7.88. The number of hydrogen-bond acceptors (Lipinski definition) is 7. The standard InChI is InChI=1S/C33H30ClN5O5S/c1-21(40)36-13-15-37(16-14-36)28(41)18-38-29(42)19-45-32(23-11-12-26-27(17-23)44-20-43-26)30-31(22-7-3-2-4-8-22)35-39(33(30)38)25-10-6-5-9-24(25)34/h2-12,17,32H,13-16,18-20H2,1H3/t32-/m1/s1. The molecule has 0 N–H and O–H groups in total. The number of carbonyl (C=O) groups excluding carboxylic acids is 3. The second kappa shape index (κ2) is 12.1. The lowest BCUT2D eigenvalue weighted by Crippen LogP contribution is -2.53. The van der Waals surface area contributed by atoms with E-state index in [9.17, 15) is 14.4 Å². The largest absolute Gasteiger partial charge is 0.454 e. The molecule has 0 spiro atoms. The van der Waals surface area contributed by atoms with Crippen molar-refractivity contribution in [3.05, 3.63) is 88.9 Å². The molecule has 1 saturated heterocycles. The monoisotopic (exact) mass is 643 g/mol. The van der Waals surface area contributed by atoms with Crippen molar-refractivity contribution in [3.63, 3.8) is 0 Å². The number of amides is 3. The average molecular weight is 644 g/mol. The molecule has 1 atom stereocenters. The first-order chi connectivity index (χ1) is 21.9. The molecule has 3 amide bonds. The molecular formula is C33H30ClN5O5S. The molecule has 0 bridgehead atoms. The Bertz CT molecular complexity index is 1790. The minimum Gasteiger partial charge on any atom is -0.454 e. The van der Waals surface area contributed by atoms with Gasteiger partial charge in [0.15, 0.2) is 11.5 Å². The third-order valence-electron chi connectivity index (χ3n) is 8.29. The van der Waals surface area contributed by atoms with Crippen molar-refractivity contribution in [1.82, 2.24) is 19.6 Å². The van der Waals surface area contributed by atoms with Crippen molar-refractivity contribution in [1.29, 1.82) is 0 Å². The SMILES string of the molecule is CC(=O)N1CCN(C(=O)CN2C(=O)CS[C@H](c3ccc4c(c3)OCO4)c3c(-c4ccccc4)nn(-c4ccccc4Cl)c32)CC1. The van der Waals surface area contributed by atoms with Crippen LogP contribution in [0.5, 0.6) is 11.5 Å². The smallest absolute Gasteiger partial charge is 0.242 e. The Morgan fingerprint density at radius 3 is 2.40 bits per heavy atom. The number of aromatic nitrogens is 2. The second-order valence-electron chi connectivity index (χ2n) is 11.0. The molecule has 10 nitrogen and oxygen atoms in total. The van der Waals surface area contributed by atoms with E-state index in [4.69, 9.17) is 26.2 Å². The third-order valence-corrected chi connectivity index (χ3v) is 9.86. The number of para-hydroxylation sites is 1. The summed E-state index contributed by atoms with van der Waals surface area (Å²) >= 11 is 8.24. The zero-order valence-corrected chi connectivity index (χ0v) is 26.1. The maximum absolute atomic E-state index is 14.1. The van der Waals surface area contributed by atoms with Gasteiger partial charge < -0.3 is 19.3 Å². The van der Waals surface area contributed by atoms with E-state index in [1.165, 1.54) is 18.7 Å². The lowest BCUT2D eigenvalue weighted by molar-refractivity contribution is -0.137. The Labute approximate surface area is 269 Å². The number of benzene rings is 3. The first-order valence-electron chi connectivity index (χ1n) is 14.7. The highest BCUT2D eigenvalue weighted by atomic mass is 35.5. The molecule has 45 heavy (non-hydrogen) atoms. The van der Waals surface area contributed by atoms with Gasteiger partial charge in [-0.1, -0.05) is 60.1 Å². The molecule has 7 rings (SSSR count). The predicted octanol–water partition coefficient (Wildman–Crippen LogP) is 4.78. The van der Waals surface area contributed by atoms with Crippen LogP contribution in [0.15, 0.2) is 72.8 Å². The van der Waals surface area contributed by atoms with Crippen LogP contribution < -0.4 is 14.4 Å². The fraction of sp³-hybridized carbons (Fsp3) is 0.273. The number of nitrogens with zero attached hydrogens (tertiary/aromatic N) is 5. The Morgan fingerprint density at radius 1 is 0.933 bits per heavy atom. The topological polar surface area (TPSA) is 97.2 Å². The summed E-state index contributed by atoms with van der Waals surface area (Å²) in [6, 6.07) is 22.9. The number of hydrogen-bond donors (Lipinski definition) is 0. The first kappa shape index (κ1) is 29.2. The van der Waals surface area contributed by atoms with E-state index >= 15 is 0 Å². The van der Waals surface area contributed by atoms with Crippen LogP contribution in [0.2, 0.25) is 5.02 Å². The lowest BCUT2D eigenvalue weighted by Gasteiger charge is -2.35. The van der Waals surface area contributed by atoms with Gasteiger partial charge >= 0.3 is 0 Å². The van der Waals surface area contributed by atoms with E-state index in [1.807, 2.05) is 66.7 Å². The van der Waals surface area contributed by atoms with Crippen LogP contribution in [0, 0.1) is 0 Å². The van der Waals surface area contributed by atoms with Crippen molar-refractivity contribution in [2.24, 2.45) is 0 Å². The number of fused-ring (bicyclic) bond motifs is 2. The molecule has 12 heteroatoms. The molecular weight excluding hydrogens is 614 g/mol. The van der Waals surface area contributed by atoms with Crippen LogP contribution in [0.1, 0.15) is 23.3 Å². The van der Waals surface area contributed by atoms with Gasteiger partial charge in [0.1, 0.15) is 12.4 Å². The van der Waals surface area contributed by atoms with Gasteiger partial charge in [0.05, 0.1) is 27.4 Å². The van der Waals surface area contributed by atoms with Gasteiger partial charge in [-0.15, -0.1) is 11.8 Å². The summed E-state index contributed by atoms with van der Waals surface area (Å²) in [5.41, 5.74) is 3.86. The van der Waals surface area contributed by atoms with E-state index in [1.54, 1.807) is 25.4 Å². The fourth-order valence-corrected chi connectivity index (χ4v) is 7.37. The van der Waals surface area contributed by atoms with E-state index in [2.05, 4.69) is 0 Å². The van der Waals surface area contributed by atoms with E-state index in [0.717, 1.165) is 16.7 Å². The number of thioether (sulfide) groups is 1. The van der Waals surface area contributed by atoms with Crippen LogP contribution in [0.3, 0.4) is 0 Å². The molecule has 0 saturated carbocycles. The van der Waals surface area contributed by atoms with Crippen LogP contribution >= 0.6 is 23.4 Å². The average Bonchev–Trinajstić information content (AvgIpc) is 3.66. The molecule has 3 aliphatic heterocycles. The summed E-state index contributed by atoms with van der Waals surface area (Å²) in [4.78, 5) is 44.8. The van der Waals surface area contributed by atoms with E-state index < -0.39 is 0 Å². The van der Waals surface area contributed by atoms with Gasteiger partial charge in [-0.25, -0.2) is 4.68 Å². The van der Waals surface area contributed by atoms with Gasteiger partial charge in [0.2, 0.25) is 24.5 Å². The van der Waals surface area contributed by atoms with E-state index in [-0.39, 0.29) is 42.1 Å². The summed E-state index contributed by atoms with van der Waals surface area (Å²) in [5, 5.41) is 5.24. The van der Waals surface area contributed by atoms with Crippen LogP contribution in [-0.4, -0.2) is 82.6 Å². The first-order valence-corrected chi connectivity index (χ1v) is 16.1. The molecule has 1 fully saturated rings. The summed E-state index contributed by atoms with van der Waals surface area (Å²) in [5.74, 6) is 1.51. The maximum Gasteiger partial charge on any atom is 0.242 e. The lowest BCUT2D eigenvalue weighted by atomic mass is 9.99. The van der Waals surface area contributed by atoms with Gasteiger partial charge in [-0.05, 0) is 29.8 Å². The normalized spacial score (nSPS) is 17.7. The highest BCUT2D eigenvalue weighted by molar-refractivity contribution is 8.00. The van der Waals surface area contributed by atoms with Crippen LogP contribution in [0.25, 0.3) is 16.9 Å².